The number of amides is 1. The number of aromatic nitrogens is 1. The number of halogens is 4. The van der Waals surface area contributed by atoms with Gasteiger partial charge in [-0.15, -0.1) is 0 Å². The van der Waals surface area contributed by atoms with E-state index in [-0.39, 0.29) is 12.1 Å². The highest BCUT2D eigenvalue weighted by atomic mass is 35.5. The van der Waals surface area contributed by atoms with Gasteiger partial charge >= 0.3 is 6.18 Å². The van der Waals surface area contributed by atoms with Gasteiger partial charge in [0, 0.05) is 22.9 Å². The number of carbonyl (C=O) groups excluding carboxylic acids is 1. The molecule has 4 aromatic rings. The number of primary amides is 1. The van der Waals surface area contributed by atoms with E-state index in [1.54, 1.807) is 47.0 Å². The molecule has 0 saturated heterocycles. The van der Waals surface area contributed by atoms with Crippen molar-refractivity contribution in [2.75, 3.05) is 0 Å². The third-order valence-electron chi connectivity index (χ3n) is 4.78. The zero-order valence-corrected chi connectivity index (χ0v) is 15.2. The number of benzene rings is 3. The van der Waals surface area contributed by atoms with Crippen LogP contribution in [0.15, 0.2) is 60.7 Å². The maximum Gasteiger partial charge on any atom is 0.416 e. The molecule has 7 heteroatoms. The number of carbonyl (C=O) groups is 1. The summed E-state index contributed by atoms with van der Waals surface area (Å²) in [6, 6.07) is 15.6. The maximum absolute atomic E-state index is 13.5. The van der Waals surface area contributed by atoms with E-state index in [9.17, 15) is 18.0 Å². The highest BCUT2D eigenvalue weighted by Gasteiger charge is 2.33. The Morgan fingerprint density at radius 1 is 1.00 bits per heavy atom. The van der Waals surface area contributed by atoms with Gasteiger partial charge in [0.05, 0.1) is 21.6 Å². The van der Waals surface area contributed by atoms with Gasteiger partial charge in [0.2, 0.25) is 5.91 Å². The quantitative estimate of drug-likeness (QED) is 0.475. The van der Waals surface area contributed by atoms with Crippen molar-refractivity contribution in [1.82, 2.24) is 4.57 Å². The first kappa shape index (κ1) is 18.4. The smallest absolute Gasteiger partial charge is 0.366 e. The summed E-state index contributed by atoms with van der Waals surface area (Å²) < 4.78 is 42.1. The lowest BCUT2D eigenvalue weighted by Gasteiger charge is -2.15. The number of hydrogen-bond donors (Lipinski definition) is 1. The molecule has 0 aliphatic heterocycles. The van der Waals surface area contributed by atoms with Gasteiger partial charge in [-0.2, -0.15) is 13.2 Å². The number of alkyl halides is 3. The summed E-state index contributed by atoms with van der Waals surface area (Å²) in [7, 11) is 0. The second kappa shape index (κ2) is 6.56. The Morgan fingerprint density at radius 3 is 2.43 bits per heavy atom. The van der Waals surface area contributed by atoms with E-state index < -0.39 is 17.6 Å². The largest absolute Gasteiger partial charge is 0.416 e. The molecular formula is C21H14ClF3N2O. The van der Waals surface area contributed by atoms with E-state index in [2.05, 4.69) is 0 Å². The number of para-hydroxylation sites is 1. The number of hydrogen-bond acceptors (Lipinski definition) is 1. The standard InChI is InChI=1S/C21H14ClF3N2O/c22-16-9-3-6-13-18-14(20(26)28)7-4-10-17(18)27(19(13)16)11-12-5-1-2-8-15(12)21(23,24)25/h1-10H,11H2,(H2,26,28). The fourth-order valence-electron chi connectivity index (χ4n) is 3.63. The van der Waals surface area contributed by atoms with Gasteiger partial charge in [-0.05, 0) is 29.8 Å². The van der Waals surface area contributed by atoms with Crippen LogP contribution >= 0.6 is 11.6 Å². The molecule has 4 rings (SSSR count). The molecule has 1 heterocycles. The molecule has 3 aromatic carbocycles. The summed E-state index contributed by atoms with van der Waals surface area (Å²) in [4.78, 5) is 11.9. The number of rotatable bonds is 3. The predicted octanol–water partition coefficient (Wildman–Crippen LogP) is 5.61. The van der Waals surface area contributed by atoms with Crippen LogP contribution < -0.4 is 5.73 Å². The Hall–Kier alpha value is -2.99. The van der Waals surface area contributed by atoms with Gasteiger partial charge in [0.15, 0.2) is 0 Å². The Bertz CT molecular complexity index is 1230. The minimum atomic E-state index is -4.47. The molecule has 2 N–H and O–H groups in total. The number of fused-ring (bicyclic) bond motifs is 3. The second-order valence-electron chi connectivity index (χ2n) is 6.44. The molecular weight excluding hydrogens is 389 g/mol. The van der Waals surface area contributed by atoms with E-state index in [1.165, 1.54) is 12.1 Å². The monoisotopic (exact) mass is 402 g/mol. The average molecular weight is 403 g/mol. The first-order valence-corrected chi connectivity index (χ1v) is 8.81. The maximum atomic E-state index is 13.5. The van der Waals surface area contributed by atoms with Crippen LogP contribution in [-0.2, 0) is 12.7 Å². The first-order chi connectivity index (χ1) is 13.3. The molecule has 28 heavy (non-hydrogen) atoms. The summed E-state index contributed by atoms with van der Waals surface area (Å²) in [5.74, 6) is -0.611. The summed E-state index contributed by atoms with van der Waals surface area (Å²) >= 11 is 6.40. The van der Waals surface area contributed by atoms with E-state index in [0.29, 0.717) is 32.4 Å². The Morgan fingerprint density at radius 2 is 1.71 bits per heavy atom. The molecule has 1 amide bonds. The third-order valence-corrected chi connectivity index (χ3v) is 5.08. The van der Waals surface area contributed by atoms with Gasteiger partial charge in [0.1, 0.15) is 0 Å². The van der Waals surface area contributed by atoms with Crippen molar-refractivity contribution in [3.8, 4) is 0 Å². The summed E-state index contributed by atoms with van der Waals surface area (Å²) in [6.07, 6.45) is -4.47. The van der Waals surface area contributed by atoms with Crippen LogP contribution in [0.5, 0.6) is 0 Å². The van der Waals surface area contributed by atoms with Crippen LogP contribution in [0.2, 0.25) is 5.02 Å². The molecule has 0 bridgehead atoms. The van der Waals surface area contributed by atoms with Crippen LogP contribution in [0.3, 0.4) is 0 Å². The lowest BCUT2D eigenvalue weighted by atomic mass is 10.1. The van der Waals surface area contributed by atoms with Crippen molar-refractivity contribution in [1.29, 1.82) is 0 Å². The van der Waals surface area contributed by atoms with Crippen LogP contribution in [0.25, 0.3) is 21.8 Å². The van der Waals surface area contributed by atoms with E-state index in [4.69, 9.17) is 17.3 Å². The lowest BCUT2D eigenvalue weighted by Crippen LogP contribution is -2.12. The van der Waals surface area contributed by atoms with Gasteiger partial charge in [0.25, 0.3) is 0 Å². The highest BCUT2D eigenvalue weighted by molar-refractivity contribution is 6.37. The normalized spacial score (nSPS) is 12.0. The van der Waals surface area contributed by atoms with Crippen LogP contribution in [-0.4, -0.2) is 10.5 Å². The van der Waals surface area contributed by atoms with E-state index in [1.807, 2.05) is 0 Å². The minimum Gasteiger partial charge on any atom is -0.366 e. The zero-order valence-electron chi connectivity index (χ0n) is 14.4. The molecule has 0 saturated carbocycles. The van der Waals surface area contributed by atoms with Gasteiger partial charge < -0.3 is 10.3 Å². The summed E-state index contributed by atoms with van der Waals surface area (Å²) in [6.45, 7) is -0.0539. The summed E-state index contributed by atoms with van der Waals surface area (Å²) in [5, 5.41) is 1.63. The molecule has 142 valence electrons. The molecule has 3 nitrogen and oxygen atoms in total. The first-order valence-electron chi connectivity index (χ1n) is 8.43. The molecule has 0 spiro atoms. The van der Waals surface area contributed by atoms with E-state index >= 15 is 0 Å². The van der Waals surface area contributed by atoms with Gasteiger partial charge in [-0.1, -0.05) is 48.0 Å². The molecule has 0 radical (unpaired) electrons. The van der Waals surface area contributed by atoms with Crippen molar-refractivity contribution in [2.45, 2.75) is 12.7 Å². The highest BCUT2D eigenvalue weighted by Crippen LogP contribution is 2.38. The SMILES string of the molecule is NC(=O)c1cccc2c1c1cccc(Cl)c1n2Cc1ccccc1C(F)(F)F. The van der Waals surface area contributed by atoms with Crippen molar-refractivity contribution in [3.63, 3.8) is 0 Å². The molecule has 1 aromatic heterocycles. The van der Waals surface area contributed by atoms with Gasteiger partial charge in [-0.3, -0.25) is 4.79 Å². The summed E-state index contributed by atoms with van der Waals surface area (Å²) in [5.41, 5.74) is 6.38. The number of nitrogens with zero attached hydrogens (tertiary/aromatic N) is 1. The fraction of sp³-hybridized carbons (Fsp3) is 0.0952. The molecule has 0 atom stereocenters. The van der Waals surface area contributed by atoms with Crippen molar-refractivity contribution in [3.05, 3.63) is 82.4 Å². The predicted molar refractivity (Wildman–Crippen MR) is 104 cm³/mol. The average Bonchev–Trinajstić information content (AvgIpc) is 2.96. The van der Waals surface area contributed by atoms with Crippen LogP contribution in [0.4, 0.5) is 13.2 Å². The lowest BCUT2D eigenvalue weighted by molar-refractivity contribution is -0.138. The Balaban J connectivity index is 2.06. The Kier molecular flexibility index (Phi) is 4.31. The fourth-order valence-corrected chi connectivity index (χ4v) is 3.91. The van der Waals surface area contributed by atoms with Gasteiger partial charge in [-0.25, -0.2) is 0 Å². The topological polar surface area (TPSA) is 48.0 Å². The molecule has 0 unspecified atom stereocenters. The Labute approximate surface area is 163 Å². The third kappa shape index (κ3) is 2.90. The molecule has 0 aliphatic rings. The van der Waals surface area contributed by atoms with Crippen molar-refractivity contribution >= 4 is 39.3 Å². The van der Waals surface area contributed by atoms with Crippen molar-refractivity contribution in [2.24, 2.45) is 5.73 Å². The van der Waals surface area contributed by atoms with Crippen molar-refractivity contribution < 1.29 is 18.0 Å². The zero-order chi connectivity index (χ0) is 20.1. The molecule has 0 aliphatic carbocycles. The van der Waals surface area contributed by atoms with E-state index in [0.717, 1.165) is 6.07 Å². The minimum absolute atomic E-state index is 0.0539. The molecule has 0 fully saturated rings. The van der Waals surface area contributed by atoms with Crippen LogP contribution in [0, 0.1) is 0 Å². The van der Waals surface area contributed by atoms with Crippen LogP contribution in [0.1, 0.15) is 21.5 Å². The number of nitrogens with two attached hydrogens (primary N) is 1. The second-order valence-corrected chi connectivity index (χ2v) is 6.85.